The second-order valence-electron chi connectivity index (χ2n) is 12.0. The van der Waals surface area contributed by atoms with Gasteiger partial charge in [0, 0.05) is 40.6 Å². The van der Waals surface area contributed by atoms with Gasteiger partial charge in [0.05, 0.1) is 23.4 Å². The zero-order valence-corrected chi connectivity index (χ0v) is 27.5. The van der Waals surface area contributed by atoms with E-state index in [0.29, 0.717) is 46.0 Å². The number of aromatic nitrogens is 4. The molecular formula is C30H34Cl2N8O4S. The van der Waals surface area contributed by atoms with E-state index in [4.69, 9.17) is 28.9 Å². The summed E-state index contributed by atoms with van der Waals surface area (Å²) in [6, 6.07) is 11.7. The van der Waals surface area contributed by atoms with Crippen molar-refractivity contribution >= 4 is 56.6 Å². The molecule has 2 aromatic carbocycles. The van der Waals surface area contributed by atoms with Crippen molar-refractivity contribution in [2.75, 3.05) is 23.7 Å². The minimum atomic E-state index is -4.25. The fourth-order valence-corrected chi connectivity index (χ4v) is 7.28. The number of nitrogens with two attached hydrogens (primary N) is 1. The Morgan fingerprint density at radius 3 is 2.42 bits per heavy atom. The van der Waals surface area contributed by atoms with E-state index in [1.54, 1.807) is 29.0 Å². The van der Waals surface area contributed by atoms with Crippen LogP contribution in [0.25, 0.3) is 11.1 Å². The fourth-order valence-electron chi connectivity index (χ4n) is 5.34. The number of aliphatic hydroxyl groups is 1. The molecule has 238 valence electrons. The Labute approximate surface area is 271 Å². The third-order valence-corrected chi connectivity index (χ3v) is 9.38. The van der Waals surface area contributed by atoms with E-state index in [0.717, 1.165) is 11.1 Å². The molecule has 0 radical (unpaired) electrons. The predicted molar refractivity (Wildman–Crippen MR) is 174 cm³/mol. The van der Waals surface area contributed by atoms with Crippen LogP contribution in [-0.2, 0) is 26.8 Å². The van der Waals surface area contributed by atoms with Crippen molar-refractivity contribution < 1.29 is 18.3 Å². The van der Waals surface area contributed by atoms with Crippen LogP contribution in [0.1, 0.15) is 33.3 Å². The molecule has 4 aromatic rings. The first-order valence-corrected chi connectivity index (χ1v) is 16.3. The lowest BCUT2D eigenvalue weighted by Crippen LogP contribution is -2.48. The van der Waals surface area contributed by atoms with Crippen LogP contribution in [0, 0.1) is 0 Å². The van der Waals surface area contributed by atoms with Crippen LogP contribution in [0.15, 0.2) is 66.2 Å². The SMILES string of the molecule is C[C@H](NS(=O)(=O)c1cnc2n1[C@](C)(Cc1ccc(-c3cncnc3N)cc1)CN2c1cc(Cl)cc(Cl)c1)C(=O)NCC(C)(C)O. The Kier molecular flexibility index (Phi) is 8.86. The van der Waals surface area contributed by atoms with Crippen LogP contribution in [0.5, 0.6) is 0 Å². The molecular weight excluding hydrogens is 639 g/mol. The number of carbonyl (C=O) groups is 1. The summed E-state index contributed by atoms with van der Waals surface area (Å²) in [5, 5.41) is 13.3. The highest BCUT2D eigenvalue weighted by molar-refractivity contribution is 7.89. The average Bonchev–Trinajstić information content (AvgIpc) is 3.52. The van der Waals surface area contributed by atoms with Crippen molar-refractivity contribution in [2.45, 2.75) is 56.3 Å². The number of nitrogens with one attached hydrogen (secondary N) is 2. The summed E-state index contributed by atoms with van der Waals surface area (Å²) < 4.78 is 31.7. The van der Waals surface area contributed by atoms with Crippen LogP contribution in [-0.4, -0.2) is 63.7 Å². The van der Waals surface area contributed by atoms with E-state index < -0.39 is 33.1 Å². The van der Waals surface area contributed by atoms with Crippen molar-refractivity contribution in [3.63, 3.8) is 0 Å². The summed E-state index contributed by atoms with van der Waals surface area (Å²) in [4.78, 5) is 27.2. The number of benzene rings is 2. The lowest BCUT2D eigenvalue weighted by Gasteiger charge is -2.29. The van der Waals surface area contributed by atoms with Crippen LogP contribution >= 0.6 is 23.2 Å². The van der Waals surface area contributed by atoms with Gasteiger partial charge in [-0.15, -0.1) is 0 Å². The van der Waals surface area contributed by atoms with Crippen LogP contribution in [0.2, 0.25) is 10.0 Å². The van der Waals surface area contributed by atoms with Gasteiger partial charge in [-0.25, -0.2) is 23.4 Å². The monoisotopic (exact) mass is 672 g/mol. The molecule has 2 aromatic heterocycles. The van der Waals surface area contributed by atoms with Gasteiger partial charge in [-0.1, -0.05) is 47.5 Å². The molecule has 0 unspecified atom stereocenters. The Balaban J connectivity index is 1.50. The molecule has 0 saturated carbocycles. The van der Waals surface area contributed by atoms with Crippen molar-refractivity contribution in [1.29, 1.82) is 0 Å². The highest BCUT2D eigenvalue weighted by Gasteiger charge is 2.45. The summed E-state index contributed by atoms with van der Waals surface area (Å²) in [6.45, 7) is 6.76. The molecule has 15 heteroatoms. The van der Waals surface area contributed by atoms with E-state index >= 15 is 0 Å². The van der Waals surface area contributed by atoms with Gasteiger partial charge in [0.15, 0.2) is 5.03 Å². The normalized spacial score (nSPS) is 17.3. The van der Waals surface area contributed by atoms with Gasteiger partial charge >= 0.3 is 0 Å². The Morgan fingerprint density at radius 2 is 1.80 bits per heavy atom. The number of amides is 1. The molecule has 1 amide bonds. The smallest absolute Gasteiger partial charge is 0.258 e. The number of fused-ring (bicyclic) bond motifs is 1. The van der Waals surface area contributed by atoms with Gasteiger partial charge < -0.3 is 21.1 Å². The van der Waals surface area contributed by atoms with Crippen molar-refractivity contribution in [3.8, 4) is 11.1 Å². The van der Waals surface area contributed by atoms with Crippen molar-refractivity contribution in [2.24, 2.45) is 0 Å². The molecule has 1 aliphatic heterocycles. The van der Waals surface area contributed by atoms with Crippen LogP contribution < -0.4 is 20.7 Å². The van der Waals surface area contributed by atoms with Crippen molar-refractivity contribution in [3.05, 3.63) is 76.8 Å². The van der Waals surface area contributed by atoms with E-state index in [2.05, 4.69) is 25.0 Å². The fraction of sp³-hybridized carbons (Fsp3) is 0.333. The maximum Gasteiger partial charge on any atom is 0.258 e. The molecule has 0 bridgehead atoms. The third-order valence-electron chi connectivity index (χ3n) is 7.44. The van der Waals surface area contributed by atoms with Crippen LogP contribution in [0.4, 0.5) is 17.5 Å². The first-order chi connectivity index (χ1) is 21.1. The Hall–Kier alpha value is -3.75. The van der Waals surface area contributed by atoms with E-state index in [-0.39, 0.29) is 11.6 Å². The Morgan fingerprint density at radius 1 is 1.13 bits per heavy atom. The molecule has 2 atom stereocenters. The zero-order valence-electron chi connectivity index (χ0n) is 25.1. The number of anilines is 3. The van der Waals surface area contributed by atoms with Gasteiger partial charge in [-0.2, -0.15) is 4.72 Å². The maximum atomic E-state index is 13.8. The first kappa shape index (κ1) is 32.6. The number of rotatable bonds is 10. The highest BCUT2D eigenvalue weighted by Crippen LogP contribution is 2.43. The lowest BCUT2D eigenvalue weighted by molar-refractivity contribution is -0.123. The highest BCUT2D eigenvalue weighted by atomic mass is 35.5. The molecule has 0 spiro atoms. The van der Waals surface area contributed by atoms with Gasteiger partial charge in [-0.05, 0) is 63.4 Å². The third kappa shape index (κ3) is 7.07. The number of halogens is 2. The molecule has 0 aliphatic carbocycles. The number of nitrogen functional groups attached to an aromatic ring is 1. The summed E-state index contributed by atoms with van der Waals surface area (Å²) in [5.41, 5.74) is 7.18. The Bertz CT molecular complexity index is 1820. The standard InChI is InChI=1S/C30H34Cl2N8O4S/c1-18(27(41)36-15-29(2,3)42)38-45(43,44)25-14-35-28-39(23-10-21(31)9-22(32)11-23)16-30(4,40(25)28)12-19-5-7-20(8-6-19)24-13-34-17-37-26(24)33/h5-11,13-14,17-18,38,42H,12,15-16H2,1-4H3,(H,36,41)(H2,33,34,37)/t18-,30+/m0/s1. The number of hydrogen-bond donors (Lipinski definition) is 4. The van der Waals surface area contributed by atoms with E-state index in [1.165, 1.54) is 33.3 Å². The first-order valence-electron chi connectivity index (χ1n) is 14.1. The summed E-state index contributed by atoms with van der Waals surface area (Å²) in [7, 11) is -4.25. The van der Waals surface area contributed by atoms with E-state index in [9.17, 15) is 18.3 Å². The topological polar surface area (TPSA) is 168 Å². The van der Waals surface area contributed by atoms with Gasteiger partial charge in [0.2, 0.25) is 11.9 Å². The maximum absolute atomic E-state index is 13.8. The molecule has 12 nitrogen and oxygen atoms in total. The zero-order chi connectivity index (χ0) is 32.7. The summed E-state index contributed by atoms with van der Waals surface area (Å²) in [5.74, 6) is 0.162. The number of imidazole rings is 1. The second-order valence-corrected chi connectivity index (χ2v) is 14.5. The summed E-state index contributed by atoms with van der Waals surface area (Å²) in [6.07, 6.45) is 4.74. The van der Waals surface area contributed by atoms with Gasteiger partial charge in [-0.3, -0.25) is 9.36 Å². The number of nitrogens with zero attached hydrogens (tertiary/aromatic N) is 5. The molecule has 0 fully saturated rings. The summed E-state index contributed by atoms with van der Waals surface area (Å²) >= 11 is 12.7. The second kappa shape index (κ2) is 12.2. The number of sulfonamides is 1. The molecule has 5 N–H and O–H groups in total. The number of hydrogen-bond acceptors (Lipinski definition) is 9. The molecule has 1 aliphatic rings. The average molecular weight is 674 g/mol. The van der Waals surface area contributed by atoms with Crippen LogP contribution in [0.3, 0.4) is 0 Å². The minimum absolute atomic E-state index is 0.0438. The van der Waals surface area contributed by atoms with Crippen molar-refractivity contribution in [1.82, 2.24) is 29.6 Å². The van der Waals surface area contributed by atoms with E-state index in [1.807, 2.05) is 36.1 Å². The molecule has 0 saturated heterocycles. The molecule has 3 heterocycles. The molecule has 45 heavy (non-hydrogen) atoms. The van der Waals surface area contributed by atoms with Gasteiger partial charge in [0.25, 0.3) is 10.0 Å². The minimum Gasteiger partial charge on any atom is -0.389 e. The molecule has 5 rings (SSSR count). The largest absolute Gasteiger partial charge is 0.389 e. The predicted octanol–water partition coefficient (Wildman–Crippen LogP) is 3.89. The van der Waals surface area contributed by atoms with Gasteiger partial charge in [0.1, 0.15) is 12.1 Å². The lowest BCUT2D eigenvalue weighted by atomic mass is 9.92. The quantitative estimate of drug-likeness (QED) is 0.195. The number of carbonyl (C=O) groups excluding carboxylic acids is 1.